The van der Waals surface area contributed by atoms with E-state index in [9.17, 15) is 0 Å². The van der Waals surface area contributed by atoms with Crippen molar-refractivity contribution in [2.24, 2.45) is 0 Å². The number of aromatic hydroxyl groups is 1. The molecule has 0 radical (unpaired) electrons. The van der Waals surface area contributed by atoms with Gasteiger partial charge in [0.15, 0.2) is 0 Å². The van der Waals surface area contributed by atoms with Crippen molar-refractivity contribution >= 4 is 0 Å². The van der Waals surface area contributed by atoms with E-state index in [1.54, 1.807) is 12.3 Å². The Balaban J connectivity index is 2.85. The summed E-state index contributed by atoms with van der Waals surface area (Å²) in [4.78, 5) is 0. The van der Waals surface area contributed by atoms with Gasteiger partial charge in [-0.25, -0.2) is 0 Å². The minimum absolute atomic E-state index is 0.337. The van der Waals surface area contributed by atoms with E-state index in [-0.39, 0.29) is 0 Å². The molecule has 1 aromatic heterocycles. The van der Waals surface area contributed by atoms with E-state index >= 15 is 0 Å². The SMILES string of the molecule is CC(C)n1ccc(O)c1. The highest BCUT2D eigenvalue weighted by atomic mass is 16.3. The summed E-state index contributed by atoms with van der Waals surface area (Å²) in [6, 6.07) is 2.12. The normalized spacial score (nSPS) is 10.6. The minimum atomic E-state index is 0.337. The highest BCUT2D eigenvalue weighted by Crippen LogP contribution is 2.12. The zero-order valence-corrected chi connectivity index (χ0v) is 5.70. The Hall–Kier alpha value is -0.920. The van der Waals surface area contributed by atoms with Crippen molar-refractivity contribution in [3.8, 4) is 5.75 Å². The van der Waals surface area contributed by atoms with Gasteiger partial charge in [0.2, 0.25) is 0 Å². The van der Waals surface area contributed by atoms with Gasteiger partial charge in [0.1, 0.15) is 5.75 Å². The van der Waals surface area contributed by atoms with Crippen LogP contribution in [0.15, 0.2) is 18.5 Å². The van der Waals surface area contributed by atoms with Gasteiger partial charge >= 0.3 is 0 Å². The molecule has 0 aliphatic carbocycles. The lowest BCUT2D eigenvalue weighted by atomic mass is 10.4. The summed E-state index contributed by atoms with van der Waals surface area (Å²) in [7, 11) is 0. The second kappa shape index (κ2) is 2.13. The second-order valence-corrected chi connectivity index (χ2v) is 2.41. The van der Waals surface area contributed by atoms with Crippen LogP contribution in [0.1, 0.15) is 19.9 Å². The standard InChI is InChI=1S/C7H11NO/c1-6(2)8-4-3-7(9)5-8/h3-6,9H,1-2H3. The van der Waals surface area contributed by atoms with Crippen molar-refractivity contribution < 1.29 is 5.11 Å². The van der Waals surface area contributed by atoms with Crippen LogP contribution in [0.3, 0.4) is 0 Å². The molecule has 1 N–H and O–H groups in total. The molecule has 0 amide bonds. The average molecular weight is 125 g/mol. The zero-order valence-electron chi connectivity index (χ0n) is 5.70. The molecule has 0 saturated carbocycles. The Morgan fingerprint density at radius 3 is 2.44 bits per heavy atom. The molecule has 0 aliphatic rings. The lowest BCUT2D eigenvalue weighted by Gasteiger charge is -2.03. The second-order valence-electron chi connectivity index (χ2n) is 2.41. The van der Waals surface area contributed by atoms with Gasteiger partial charge in [-0.2, -0.15) is 0 Å². The number of aromatic nitrogens is 1. The fourth-order valence-electron chi connectivity index (χ4n) is 0.722. The summed E-state index contributed by atoms with van der Waals surface area (Å²) in [5.74, 6) is 0.337. The molecule has 1 aromatic rings. The molecular weight excluding hydrogens is 114 g/mol. The van der Waals surface area contributed by atoms with Crippen LogP contribution in [0.5, 0.6) is 5.75 Å². The van der Waals surface area contributed by atoms with Crippen LogP contribution >= 0.6 is 0 Å². The van der Waals surface area contributed by atoms with Crippen LogP contribution < -0.4 is 0 Å². The van der Waals surface area contributed by atoms with Crippen LogP contribution in [0.2, 0.25) is 0 Å². The predicted molar refractivity (Wildman–Crippen MR) is 36.5 cm³/mol. The molecule has 1 heterocycles. The Bertz CT molecular complexity index is 191. The van der Waals surface area contributed by atoms with Crippen molar-refractivity contribution in [1.82, 2.24) is 4.57 Å². The summed E-state index contributed by atoms with van der Waals surface area (Å²) in [6.45, 7) is 4.14. The van der Waals surface area contributed by atoms with Crippen molar-refractivity contribution in [2.45, 2.75) is 19.9 Å². The van der Waals surface area contributed by atoms with Crippen molar-refractivity contribution in [1.29, 1.82) is 0 Å². The molecule has 0 aromatic carbocycles. The average Bonchev–Trinajstić information content (AvgIpc) is 2.14. The van der Waals surface area contributed by atoms with Crippen LogP contribution in [-0.4, -0.2) is 9.67 Å². The van der Waals surface area contributed by atoms with Gasteiger partial charge in [-0.15, -0.1) is 0 Å². The first-order chi connectivity index (χ1) is 4.20. The maximum Gasteiger partial charge on any atom is 0.133 e. The molecule has 2 nitrogen and oxygen atoms in total. The third-order valence-corrected chi connectivity index (χ3v) is 1.30. The van der Waals surface area contributed by atoms with E-state index in [0.29, 0.717) is 11.8 Å². The van der Waals surface area contributed by atoms with Crippen molar-refractivity contribution in [3.63, 3.8) is 0 Å². The summed E-state index contributed by atoms with van der Waals surface area (Å²) >= 11 is 0. The molecule has 50 valence electrons. The minimum Gasteiger partial charge on any atom is -0.506 e. The van der Waals surface area contributed by atoms with Gasteiger partial charge in [-0.05, 0) is 19.9 Å². The number of nitrogens with zero attached hydrogens (tertiary/aromatic N) is 1. The molecule has 9 heavy (non-hydrogen) atoms. The van der Waals surface area contributed by atoms with Gasteiger partial charge < -0.3 is 9.67 Å². The van der Waals surface area contributed by atoms with E-state index < -0.39 is 0 Å². The Morgan fingerprint density at radius 2 is 2.22 bits per heavy atom. The van der Waals surface area contributed by atoms with Gasteiger partial charge in [0.05, 0.1) is 0 Å². The molecule has 0 fully saturated rings. The number of hydrogen-bond acceptors (Lipinski definition) is 1. The van der Waals surface area contributed by atoms with Crippen LogP contribution in [0.4, 0.5) is 0 Å². The third-order valence-electron chi connectivity index (χ3n) is 1.30. The largest absolute Gasteiger partial charge is 0.506 e. The molecule has 0 atom stereocenters. The molecule has 0 saturated heterocycles. The third kappa shape index (κ3) is 1.25. The monoisotopic (exact) mass is 125 g/mol. The highest BCUT2D eigenvalue weighted by Gasteiger charge is 1.95. The van der Waals surface area contributed by atoms with Crippen LogP contribution in [-0.2, 0) is 0 Å². The number of rotatable bonds is 1. The lowest BCUT2D eigenvalue weighted by Crippen LogP contribution is -1.94. The quantitative estimate of drug-likeness (QED) is 0.608. The van der Waals surface area contributed by atoms with Gasteiger partial charge in [0, 0.05) is 18.4 Å². The van der Waals surface area contributed by atoms with Gasteiger partial charge in [0.25, 0.3) is 0 Å². The van der Waals surface area contributed by atoms with E-state index in [2.05, 4.69) is 13.8 Å². The predicted octanol–water partition coefficient (Wildman–Crippen LogP) is 1.77. The molecular formula is C7H11NO. The van der Waals surface area contributed by atoms with E-state index in [1.807, 2.05) is 10.8 Å². The van der Waals surface area contributed by atoms with E-state index in [4.69, 9.17) is 5.11 Å². The van der Waals surface area contributed by atoms with E-state index in [0.717, 1.165) is 0 Å². The van der Waals surface area contributed by atoms with Crippen LogP contribution in [0.25, 0.3) is 0 Å². The van der Waals surface area contributed by atoms with E-state index in [1.165, 1.54) is 0 Å². The fourth-order valence-corrected chi connectivity index (χ4v) is 0.722. The molecule has 0 unspecified atom stereocenters. The molecule has 0 spiro atoms. The zero-order chi connectivity index (χ0) is 6.85. The Labute approximate surface area is 54.7 Å². The first kappa shape index (κ1) is 6.20. The Kier molecular flexibility index (Phi) is 1.47. The van der Waals surface area contributed by atoms with Crippen molar-refractivity contribution in [3.05, 3.63) is 18.5 Å². The summed E-state index contributed by atoms with van der Waals surface area (Å²) in [5, 5.41) is 8.88. The summed E-state index contributed by atoms with van der Waals surface area (Å²) in [6.07, 6.45) is 3.57. The van der Waals surface area contributed by atoms with Gasteiger partial charge in [-0.1, -0.05) is 0 Å². The highest BCUT2D eigenvalue weighted by molar-refractivity contribution is 5.15. The molecule has 1 rings (SSSR count). The lowest BCUT2D eigenvalue weighted by molar-refractivity contribution is 0.471. The van der Waals surface area contributed by atoms with Gasteiger partial charge in [-0.3, -0.25) is 0 Å². The fraction of sp³-hybridized carbons (Fsp3) is 0.429. The molecule has 2 heteroatoms. The summed E-state index contributed by atoms with van der Waals surface area (Å²) in [5.41, 5.74) is 0. The van der Waals surface area contributed by atoms with Crippen LogP contribution in [0, 0.1) is 0 Å². The van der Waals surface area contributed by atoms with Crippen molar-refractivity contribution in [2.75, 3.05) is 0 Å². The first-order valence-corrected chi connectivity index (χ1v) is 3.06. The maximum absolute atomic E-state index is 8.88. The Morgan fingerprint density at radius 1 is 1.56 bits per heavy atom. The molecule has 0 bridgehead atoms. The maximum atomic E-state index is 8.88. The molecule has 0 aliphatic heterocycles. The first-order valence-electron chi connectivity index (χ1n) is 3.06. The smallest absolute Gasteiger partial charge is 0.133 e. The summed E-state index contributed by atoms with van der Waals surface area (Å²) < 4.78 is 1.95. The topological polar surface area (TPSA) is 25.2 Å². The number of hydrogen-bond donors (Lipinski definition) is 1.